The molecule has 17 nitrogen and oxygen atoms in total. The maximum atomic E-state index is 11.0. The van der Waals surface area contributed by atoms with Crippen LogP contribution in [-0.4, -0.2) is 108 Å². The number of aliphatic carboxylic acids is 1. The molecular weight excluding hydrogens is 547 g/mol. The smallest absolute Gasteiger partial charge is 0.735 e. The number of aliphatic hydroxyl groups excluding tert-OH is 4. The summed E-state index contributed by atoms with van der Waals surface area (Å²) in [7, 11) is -10.8. The average molecular weight is 563 g/mol. The first-order chi connectivity index (χ1) is 14.1. The molecule has 0 aliphatic carbocycles. The molecule has 0 aromatic heterocycles. The van der Waals surface area contributed by atoms with Crippen LogP contribution in [0.1, 0.15) is 0 Å². The minimum Gasteiger partial charge on any atom is -0.735 e. The van der Waals surface area contributed by atoms with Crippen molar-refractivity contribution in [3.8, 4) is 0 Å². The van der Waals surface area contributed by atoms with Crippen molar-refractivity contribution in [2.75, 3.05) is 6.61 Å². The Morgan fingerprint density at radius 2 is 1.65 bits per heavy atom. The molecule has 2 aliphatic rings. The molecule has 2 rings (SSSR count). The summed E-state index contributed by atoms with van der Waals surface area (Å²) in [5, 5.41) is 50.4. The third-order valence-corrected chi connectivity index (χ3v) is 5.06. The molecule has 2 aliphatic heterocycles. The van der Waals surface area contributed by atoms with Crippen LogP contribution in [0.3, 0.4) is 0 Å². The fourth-order valence-corrected chi connectivity index (χ4v) is 3.87. The monoisotopic (exact) mass is 563 g/mol. The van der Waals surface area contributed by atoms with E-state index in [1.807, 2.05) is 0 Å². The molecule has 2 heterocycles. The molecule has 180 valence electrons. The quantitative estimate of drug-likeness (QED) is 0.104. The Morgan fingerprint density at radius 3 is 2.09 bits per heavy atom. The van der Waals surface area contributed by atoms with Gasteiger partial charge in [0.25, 0.3) is 0 Å². The van der Waals surface area contributed by atoms with Crippen LogP contribution in [0, 0.1) is 0 Å². The largest absolute Gasteiger partial charge is 1.00 e. The van der Waals surface area contributed by atoms with Gasteiger partial charge in [-0.15, -0.1) is 0 Å². The van der Waals surface area contributed by atoms with Crippen molar-refractivity contribution in [3.05, 3.63) is 11.8 Å². The van der Waals surface area contributed by atoms with Crippen LogP contribution in [0.2, 0.25) is 0 Å². The summed E-state index contributed by atoms with van der Waals surface area (Å²) in [4.78, 5) is 11.0. The van der Waals surface area contributed by atoms with E-state index in [-0.39, 0.29) is 88.7 Å². The number of carboxylic acids is 1. The molecule has 0 amide bonds. The van der Waals surface area contributed by atoms with E-state index in [2.05, 4.69) is 4.18 Å². The Morgan fingerprint density at radius 1 is 1.09 bits per heavy atom. The Labute approximate surface area is 259 Å². The molecule has 0 aromatic carbocycles. The first-order valence-corrected chi connectivity index (χ1v) is 10.8. The van der Waals surface area contributed by atoms with Crippen molar-refractivity contribution in [2.45, 2.75) is 49.1 Å². The van der Waals surface area contributed by atoms with Crippen molar-refractivity contribution in [3.63, 3.8) is 0 Å². The Hall–Kier alpha value is 1.51. The van der Waals surface area contributed by atoms with E-state index in [9.17, 15) is 56.3 Å². The zero-order chi connectivity index (χ0) is 23.7. The second-order valence-electron chi connectivity index (χ2n) is 6.20. The first kappa shape index (κ1) is 37.7. The van der Waals surface area contributed by atoms with Crippen LogP contribution in [-0.2, 0) is 43.9 Å². The van der Waals surface area contributed by atoms with Gasteiger partial charge in [0.1, 0.15) is 42.2 Å². The number of hydrogen-bond acceptors (Lipinski definition) is 16. The molecule has 5 N–H and O–H groups in total. The fraction of sp³-hybridized carbons (Fsp3) is 0.750. The summed E-state index contributed by atoms with van der Waals surface area (Å²) in [6, 6.07) is -2.07. The van der Waals surface area contributed by atoms with E-state index in [1.165, 1.54) is 4.72 Å². The summed E-state index contributed by atoms with van der Waals surface area (Å²) < 4.78 is 85.6. The van der Waals surface area contributed by atoms with E-state index >= 15 is 0 Å². The number of carboxylic acid groups (broad SMARTS) is 1. The molecular formula is C12H16NNa3O16S2. The van der Waals surface area contributed by atoms with Crippen LogP contribution >= 0.6 is 0 Å². The molecule has 1 saturated heterocycles. The van der Waals surface area contributed by atoms with E-state index in [0.29, 0.717) is 6.08 Å². The summed E-state index contributed by atoms with van der Waals surface area (Å²) >= 11 is 0. The predicted molar refractivity (Wildman–Crippen MR) is 84.0 cm³/mol. The molecule has 1 fully saturated rings. The van der Waals surface area contributed by atoms with Crippen LogP contribution in [0.4, 0.5) is 0 Å². The summed E-state index contributed by atoms with van der Waals surface area (Å²) in [5.74, 6) is -3.10. The van der Waals surface area contributed by atoms with Gasteiger partial charge in [-0.2, -0.15) is 0 Å². The number of rotatable bonds is 8. The van der Waals surface area contributed by atoms with Crippen molar-refractivity contribution in [1.29, 1.82) is 0 Å². The Balaban J connectivity index is 0. The Bertz CT molecular complexity index is 916. The average Bonchev–Trinajstić information content (AvgIpc) is 2.61. The standard InChI is InChI=1S/C12H19NO16S2.3Na/c14-2-5-9(7(16)6(11(19)26-5)13-30(20,21)22)28-12-8(29-31(23,24)25)3(15)1-4(27-12)10(17)18;;;/h1,3,5-9,11-16,19H,2H2,(H,17,18)(H,20,21,22)(H,23,24,25);;;/q;3*+1/p-3. The molecule has 0 radical (unpaired) electrons. The molecule has 22 heteroatoms. The number of nitrogens with one attached hydrogen (secondary N) is 1. The molecule has 0 saturated carbocycles. The van der Waals surface area contributed by atoms with Gasteiger partial charge < -0.3 is 53.6 Å². The number of carbonyl (C=O) groups is 1. The molecule has 8 atom stereocenters. The first-order valence-electron chi connectivity index (χ1n) is 8.06. The summed E-state index contributed by atoms with van der Waals surface area (Å²) in [5.41, 5.74) is 0. The zero-order valence-electron chi connectivity index (χ0n) is 17.9. The third kappa shape index (κ3) is 10.7. The number of aliphatic hydroxyl groups is 4. The van der Waals surface area contributed by atoms with Gasteiger partial charge in [-0.3, -0.25) is 4.18 Å². The molecule has 0 aromatic rings. The molecule has 8 unspecified atom stereocenters. The van der Waals surface area contributed by atoms with Crippen molar-refractivity contribution >= 4 is 26.7 Å². The van der Waals surface area contributed by atoms with Gasteiger partial charge in [0.15, 0.2) is 22.7 Å². The van der Waals surface area contributed by atoms with Crippen LogP contribution < -0.4 is 98.5 Å². The van der Waals surface area contributed by atoms with E-state index in [4.69, 9.17) is 14.2 Å². The third-order valence-electron chi connectivity index (χ3n) is 4.04. The number of ether oxygens (including phenoxy) is 3. The topological polar surface area (TPSA) is 284 Å². The van der Waals surface area contributed by atoms with Gasteiger partial charge in [-0.1, -0.05) is 0 Å². The van der Waals surface area contributed by atoms with Gasteiger partial charge in [0.2, 0.25) is 16.7 Å². The minimum absolute atomic E-state index is 0. The Kier molecular flexibility index (Phi) is 16.8. The second-order valence-corrected chi connectivity index (χ2v) is 8.35. The van der Waals surface area contributed by atoms with Crippen LogP contribution in [0.25, 0.3) is 0 Å². The second kappa shape index (κ2) is 15.2. The fourth-order valence-electron chi connectivity index (χ4n) is 2.80. The van der Waals surface area contributed by atoms with E-state index in [1.54, 1.807) is 0 Å². The van der Waals surface area contributed by atoms with Crippen molar-refractivity contribution in [1.82, 2.24) is 4.72 Å². The van der Waals surface area contributed by atoms with E-state index in [0.717, 1.165) is 0 Å². The SMILES string of the molecule is O=C([O-])C1=CC(O)C(OS(=O)(=O)[O-])C(OC2C(CO)OC(O)C(NS(=O)(=O)[O-])C2O)O1.[Na+].[Na+].[Na+]. The van der Waals surface area contributed by atoms with Crippen molar-refractivity contribution < 1.29 is 163 Å². The van der Waals surface area contributed by atoms with Gasteiger partial charge >= 0.3 is 88.7 Å². The zero-order valence-corrected chi connectivity index (χ0v) is 25.5. The van der Waals surface area contributed by atoms with Gasteiger partial charge in [0.05, 0.1) is 6.61 Å². The number of hydrogen-bond donors (Lipinski definition) is 5. The number of carbonyl (C=O) groups excluding carboxylic acids is 1. The molecule has 34 heavy (non-hydrogen) atoms. The van der Waals surface area contributed by atoms with Crippen LogP contribution in [0.15, 0.2) is 11.8 Å². The van der Waals surface area contributed by atoms with Gasteiger partial charge in [0, 0.05) is 0 Å². The van der Waals surface area contributed by atoms with E-state index < -0.39 is 88.2 Å². The van der Waals surface area contributed by atoms with Gasteiger partial charge in [-0.25, -0.2) is 21.6 Å². The maximum Gasteiger partial charge on any atom is 1.00 e. The maximum absolute atomic E-state index is 11.0. The summed E-state index contributed by atoms with van der Waals surface area (Å²) in [6.45, 7) is -1.01. The van der Waals surface area contributed by atoms with Gasteiger partial charge in [-0.05, 0) is 6.08 Å². The minimum atomic E-state index is -5.52. The molecule has 0 bridgehead atoms. The summed E-state index contributed by atoms with van der Waals surface area (Å²) in [6.07, 6.45) is -14.2. The molecule has 0 spiro atoms. The van der Waals surface area contributed by atoms with Crippen molar-refractivity contribution in [2.24, 2.45) is 0 Å². The van der Waals surface area contributed by atoms with Crippen LogP contribution in [0.5, 0.6) is 0 Å². The predicted octanol–water partition coefficient (Wildman–Crippen LogP) is -15.9. The normalized spacial score (nSPS) is 33.8.